The Morgan fingerprint density at radius 1 is 0.955 bits per heavy atom. The molecule has 1 aliphatic heterocycles. The zero-order valence-electron chi connectivity index (χ0n) is 13.2. The topological polar surface area (TPSA) is 24.9 Å². The van der Waals surface area contributed by atoms with Crippen LogP contribution >= 0.6 is 0 Å². The lowest BCUT2D eigenvalue weighted by molar-refractivity contribution is 0.610. The number of fused-ring (bicyclic) bond motifs is 1. The summed E-state index contributed by atoms with van der Waals surface area (Å²) in [5.74, 6) is 0. The SMILES string of the molecule is C1=CC2=C(CC1)CCCc1cccnc1C2=C1CCNCC1. The van der Waals surface area contributed by atoms with Gasteiger partial charge in [0.1, 0.15) is 0 Å². The highest BCUT2D eigenvalue weighted by molar-refractivity contribution is 5.85. The first-order valence-corrected chi connectivity index (χ1v) is 8.69. The summed E-state index contributed by atoms with van der Waals surface area (Å²) in [5.41, 5.74) is 8.96. The van der Waals surface area contributed by atoms with E-state index in [4.69, 9.17) is 4.98 Å². The van der Waals surface area contributed by atoms with Gasteiger partial charge in [0, 0.05) is 11.8 Å². The van der Waals surface area contributed by atoms with E-state index in [9.17, 15) is 0 Å². The summed E-state index contributed by atoms with van der Waals surface area (Å²) < 4.78 is 0. The minimum absolute atomic E-state index is 1.10. The Labute approximate surface area is 133 Å². The molecule has 0 spiro atoms. The number of allylic oxidation sites excluding steroid dienone is 5. The summed E-state index contributed by atoms with van der Waals surface area (Å²) in [4.78, 5) is 4.82. The first-order valence-electron chi connectivity index (χ1n) is 8.69. The van der Waals surface area contributed by atoms with E-state index in [1.807, 2.05) is 6.20 Å². The molecular formula is C20H24N2. The van der Waals surface area contributed by atoms with Crippen LogP contribution in [0.4, 0.5) is 0 Å². The van der Waals surface area contributed by atoms with Gasteiger partial charge in [-0.2, -0.15) is 0 Å². The molecular weight excluding hydrogens is 268 g/mol. The van der Waals surface area contributed by atoms with E-state index >= 15 is 0 Å². The van der Waals surface area contributed by atoms with Crippen LogP contribution in [-0.4, -0.2) is 18.1 Å². The molecule has 0 atom stereocenters. The van der Waals surface area contributed by atoms with Gasteiger partial charge in [-0.3, -0.25) is 4.98 Å². The fourth-order valence-corrected chi connectivity index (χ4v) is 4.05. The summed E-state index contributed by atoms with van der Waals surface area (Å²) in [6.07, 6.45) is 15.1. The number of aromatic nitrogens is 1. The molecule has 1 aromatic heterocycles. The average molecular weight is 292 g/mol. The van der Waals surface area contributed by atoms with Gasteiger partial charge in [-0.1, -0.05) is 29.4 Å². The van der Waals surface area contributed by atoms with Crippen LogP contribution in [0.3, 0.4) is 0 Å². The van der Waals surface area contributed by atoms with Crippen molar-refractivity contribution in [1.29, 1.82) is 0 Å². The molecule has 2 heterocycles. The van der Waals surface area contributed by atoms with E-state index < -0.39 is 0 Å². The molecule has 1 saturated heterocycles. The fourth-order valence-electron chi connectivity index (χ4n) is 4.05. The van der Waals surface area contributed by atoms with E-state index in [1.54, 1.807) is 11.1 Å². The molecule has 0 bridgehead atoms. The smallest absolute Gasteiger partial charge is 0.0739 e. The van der Waals surface area contributed by atoms with Gasteiger partial charge < -0.3 is 5.32 Å². The predicted octanol–water partition coefficient (Wildman–Crippen LogP) is 4.20. The molecule has 1 aromatic rings. The Kier molecular flexibility index (Phi) is 3.94. The predicted molar refractivity (Wildman–Crippen MR) is 91.6 cm³/mol. The van der Waals surface area contributed by atoms with Gasteiger partial charge >= 0.3 is 0 Å². The maximum absolute atomic E-state index is 4.82. The number of piperidine rings is 1. The molecule has 0 aromatic carbocycles. The lowest BCUT2D eigenvalue weighted by atomic mass is 9.80. The molecule has 0 amide bonds. The number of nitrogens with one attached hydrogen (secondary N) is 1. The number of nitrogens with zero attached hydrogens (tertiary/aromatic N) is 1. The maximum atomic E-state index is 4.82. The van der Waals surface area contributed by atoms with Crippen molar-refractivity contribution in [1.82, 2.24) is 10.3 Å². The van der Waals surface area contributed by atoms with Crippen LogP contribution in [0.2, 0.25) is 0 Å². The van der Waals surface area contributed by atoms with Crippen LogP contribution in [0.1, 0.15) is 49.8 Å². The van der Waals surface area contributed by atoms with E-state index in [-0.39, 0.29) is 0 Å². The van der Waals surface area contributed by atoms with E-state index in [0.29, 0.717) is 0 Å². The van der Waals surface area contributed by atoms with Gasteiger partial charge in [0.15, 0.2) is 0 Å². The minimum Gasteiger partial charge on any atom is -0.316 e. The van der Waals surface area contributed by atoms with Gasteiger partial charge in [0.25, 0.3) is 0 Å². The molecule has 114 valence electrons. The molecule has 1 N–H and O–H groups in total. The summed E-state index contributed by atoms with van der Waals surface area (Å²) in [5, 5.41) is 3.49. The lowest BCUT2D eigenvalue weighted by Gasteiger charge is -2.27. The molecule has 0 radical (unpaired) electrons. The molecule has 22 heavy (non-hydrogen) atoms. The van der Waals surface area contributed by atoms with Crippen molar-refractivity contribution in [3.05, 3.63) is 58.5 Å². The van der Waals surface area contributed by atoms with Crippen molar-refractivity contribution in [2.24, 2.45) is 0 Å². The number of pyridine rings is 1. The minimum atomic E-state index is 1.10. The summed E-state index contributed by atoms with van der Waals surface area (Å²) in [7, 11) is 0. The third-order valence-electron chi connectivity index (χ3n) is 5.16. The third kappa shape index (κ3) is 2.56. The zero-order chi connectivity index (χ0) is 14.8. The fraction of sp³-hybridized carbons (Fsp3) is 0.450. The standard InChI is InChI=1S/C20H24N2/c1-2-9-18-15(5-1)6-3-7-17-8-4-12-22-20(17)19(18)16-10-13-21-14-11-16/h2,4,8-9,12,21H,1,3,5-7,10-11,13-14H2. The molecule has 1 fully saturated rings. The Hall–Kier alpha value is -1.67. The third-order valence-corrected chi connectivity index (χ3v) is 5.16. The number of rotatable bonds is 0. The van der Waals surface area contributed by atoms with Crippen LogP contribution in [0.25, 0.3) is 5.57 Å². The van der Waals surface area contributed by atoms with Crippen molar-refractivity contribution in [3.63, 3.8) is 0 Å². The van der Waals surface area contributed by atoms with Crippen LogP contribution in [-0.2, 0) is 6.42 Å². The first kappa shape index (κ1) is 14.0. The number of hydrogen-bond acceptors (Lipinski definition) is 2. The molecule has 2 nitrogen and oxygen atoms in total. The van der Waals surface area contributed by atoms with Gasteiger partial charge in [-0.25, -0.2) is 0 Å². The molecule has 0 saturated carbocycles. The molecule has 2 aliphatic carbocycles. The Bertz CT molecular complexity index is 656. The second-order valence-electron chi connectivity index (χ2n) is 6.55. The molecule has 3 aliphatic rings. The van der Waals surface area contributed by atoms with Crippen molar-refractivity contribution < 1.29 is 0 Å². The molecule has 4 rings (SSSR count). The highest BCUT2D eigenvalue weighted by Crippen LogP contribution is 2.40. The Morgan fingerprint density at radius 2 is 1.86 bits per heavy atom. The highest BCUT2D eigenvalue weighted by atomic mass is 14.9. The van der Waals surface area contributed by atoms with Crippen LogP contribution in [0.5, 0.6) is 0 Å². The van der Waals surface area contributed by atoms with Crippen LogP contribution in [0.15, 0.2) is 47.2 Å². The van der Waals surface area contributed by atoms with Crippen molar-refractivity contribution in [2.45, 2.75) is 44.9 Å². The van der Waals surface area contributed by atoms with Crippen LogP contribution in [0, 0.1) is 0 Å². The van der Waals surface area contributed by atoms with Gasteiger partial charge in [0.05, 0.1) is 5.69 Å². The Balaban J connectivity index is 1.93. The first-order chi connectivity index (χ1) is 10.9. The largest absolute Gasteiger partial charge is 0.316 e. The van der Waals surface area contributed by atoms with E-state index in [1.165, 1.54) is 54.5 Å². The average Bonchev–Trinajstić information content (AvgIpc) is 2.57. The highest BCUT2D eigenvalue weighted by Gasteiger charge is 2.23. The van der Waals surface area contributed by atoms with Crippen molar-refractivity contribution in [2.75, 3.05) is 13.1 Å². The van der Waals surface area contributed by atoms with Crippen molar-refractivity contribution in [3.8, 4) is 0 Å². The summed E-state index contributed by atoms with van der Waals surface area (Å²) in [6.45, 7) is 2.21. The second-order valence-corrected chi connectivity index (χ2v) is 6.55. The van der Waals surface area contributed by atoms with Gasteiger partial charge in [-0.15, -0.1) is 0 Å². The number of aryl methyl sites for hydroxylation is 1. The van der Waals surface area contributed by atoms with E-state index in [0.717, 1.165) is 25.9 Å². The maximum Gasteiger partial charge on any atom is 0.0739 e. The second kappa shape index (κ2) is 6.21. The quantitative estimate of drug-likeness (QED) is 0.775. The molecule has 2 heteroatoms. The monoisotopic (exact) mass is 292 g/mol. The van der Waals surface area contributed by atoms with Gasteiger partial charge in [0.2, 0.25) is 0 Å². The number of hydrogen-bond donors (Lipinski definition) is 1. The van der Waals surface area contributed by atoms with Crippen molar-refractivity contribution >= 4 is 5.57 Å². The zero-order valence-corrected chi connectivity index (χ0v) is 13.2. The summed E-state index contributed by atoms with van der Waals surface area (Å²) in [6, 6.07) is 4.37. The lowest BCUT2D eigenvalue weighted by Crippen LogP contribution is -2.24. The normalized spacial score (nSPS) is 22.0. The Morgan fingerprint density at radius 3 is 2.77 bits per heavy atom. The van der Waals surface area contributed by atoms with E-state index in [2.05, 4.69) is 29.6 Å². The van der Waals surface area contributed by atoms with Crippen LogP contribution < -0.4 is 5.32 Å². The van der Waals surface area contributed by atoms with Gasteiger partial charge in [-0.05, 0) is 75.2 Å². The summed E-state index contributed by atoms with van der Waals surface area (Å²) >= 11 is 0. The molecule has 0 unspecified atom stereocenters.